The van der Waals surface area contributed by atoms with Gasteiger partial charge in [0.2, 0.25) is 16.0 Å². The van der Waals surface area contributed by atoms with Gasteiger partial charge in [-0.25, -0.2) is 18.1 Å². The number of sulfonamides is 1. The number of anilines is 1. The van der Waals surface area contributed by atoms with Crippen molar-refractivity contribution in [3.8, 4) is 0 Å². The second-order valence-corrected chi connectivity index (χ2v) is 12.7. The van der Waals surface area contributed by atoms with E-state index in [0.29, 0.717) is 44.2 Å². The maximum absolute atomic E-state index is 13.1. The smallest absolute Gasteiger partial charge is 0.257 e. The van der Waals surface area contributed by atoms with Crippen LogP contribution in [-0.2, 0) is 23.1 Å². The molecule has 2 N–H and O–H groups in total. The molecule has 2 heterocycles. The number of hydrogen-bond donors (Lipinski definition) is 2. The van der Waals surface area contributed by atoms with Crippen LogP contribution in [0.4, 0.5) is 5.95 Å². The molecule has 5 rings (SSSR count). The molecule has 4 aromatic rings. The van der Waals surface area contributed by atoms with Gasteiger partial charge in [0.15, 0.2) is 0 Å². The Morgan fingerprint density at radius 3 is 2.38 bits per heavy atom. The first-order valence-electron chi connectivity index (χ1n) is 12.9. The highest BCUT2D eigenvalue weighted by molar-refractivity contribution is 7.89. The normalized spacial score (nSPS) is 14.2. The Kier molecular flexibility index (Phi) is 8.99. The van der Waals surface area contributed by atoms with Gasteiger partial charge in [-0.1, -0.05) is 40.9 Å². The number of hydrogen-bond acceptors (Lipinski definition) is 5. The number of halogens is 3. The molecule has 1 saturated heterocycles. The molecule has 1 aliphatic heterocycles. The maximum Gasteiger partial charge on any atom is 0.257 e. The van der Waals surface area contributed by atoms with Crippen molar-refractivity contribution in [2.24, 2.45) is 0 Å². The minimum absolute atomic E-state index is 0.0462. The van der Waals surface area contributed by atoms with Crippen LogP contribution < -0.4 is 10.0 Å². The third-order valence-corrected chi connectivity index (χ3v) is 9.26. The van der Waals surface area contributed by atoms with Crippen molar-refractivity contribution in [1.82, 2.24) is 19.2 Å². The molecule has 40 heavy (non-hydrogen) atoms. The van der Waals surface area contributed by atoms with Crippen LogP contribution in [0, 0.1) is 0 Å². The van der Waals surface area contributed by atoms with E-state index in [0.717, 1.165) is 31.6 Å². The summed E-state index contributed by atoms with van der Waals surface area (Å²) < 4.78 is 30.7. The number of nitrogens with one attached hydrogen (secondary N) is 2. The Hall–Kier alpha value is -2.66. The SMILES string of the molecule is O=C(Nc1nc2cc(S(=O)(=O)NCc3ccc(Cl)c(Cl)c3)ccc2n1CCCN1CCCC1)c1ccc(Cl)cc1. The standard InChI is InChI=1S/C28H28Cl3N5O3S/c29-21-7-5-20(6-8-21)27(37)34-28-33-25-17-22(40(38,39)32-18-19-4-10-23(30)24(31)16-19)9-11-26(25)36(28)15-3-14-35-12-1-2-13-35/h4-11,16-17,32H,1-3,12-15,18H2,(H,33,34,37). The summed E-state index contributed by atoms with van der Waals surface area (Å²) in [6.45, 7) is 3.80. The van der Waals surface area contributed by atoms with Crippen LogP contribution >= 0.6 is 34.8 Å². The number of nitrogens with zero attached hydrogens (tertiary/aromatic N) is 3. The Morgan fingerprint density at radius 1 is 0.900 bits per heavy atom. The minimum Gasteiger partial charge on any atom is -0.310 e. The fraction of sp³-hybridized carbons (Fsp3) is 0.286. The molecule has 0 radical (unpaired) electrons. The summed E-state index contributed by atoms with van der Waals surface area (Å²) in [5.41, 5.74) is 2.31. The summed E-state index contributed by atoms with van der Waals surface area (Å²) in [5.74, 6) is 0.0265. The van der Waals surface area contributed by atoms with Crippen molar-refractivity contribution >= 4 is 67.7 Å². The minimum atomic E-state index is -3.86. The molecule has 210 valence electrons. The summed E-state index contributed by atoms with van der Waals surface area (Å²) in [6.07, 6.45) is 3.29. The second-order valence-electron chi connectivity index (χ2n) is 9.67. The predicted octanol–water partition coefficient (Wildman–Crippen LogP) is 6.21. The number of amides is 1. The zero-order valence-corrected chi connectivity index (χ0v) is 24.6. The molecule has 1 aliphatic rings. The van der Waals surface area contributed by atoms with E-state index in [2.05, 4.69) is 19.9 Å². The number of rotatable bonds is 10. The Labute approximate surface area is 248 Å². The summed E-state index contributed by atoms with van der Waals surface area (Å²) in [4.78, 5) is 20.1. The van der Waals surface area contributed by atoms with Crippen LogP contribution in [0.15, 0.2) is 65.6 Å². The molecule has 8 nitrogen and oxygen atoms in total. The second kappa shape index (κ2) is 12.5. The van der Waals surface area contributed by atoms with Crippen LogP contribution in [-0.4, -0.2) is 48.4 Å². The molecule has 1 fully saturated rings. The van der Waals surface area contributed by atoms with E-state index in [1.54, 1.807) is 54.6 Å². The number of carbonyl (C=O) groups is 1. The first-order chi connectivity index (χ1) is 19.2. The van der Waals surface area contributed by atoms with E-state index in [1.807, 2.05) is 4.57 Å². The number of aromatic nitrogens is 2. The number of benzene rings is 3. The number of aryl methyl sites for hydroxylation is 1. The molecule has 1 aromatic heterocycles. The van der Waals surface area contributed by atoms with Crippen LogP contribution in [0.2, 0.25) is 15.1 Å². The van der Waals surface area contributed by atoms with Crippen LogP contribution in [0.5, 0.6) is 0 Å². The maximum atomic E-state index is 13.1. The van der Waals surface area contributed by atoms with E-state index >= 15 is 0 Å². The first-order valence-corrected chi connectivity index (χ1v) is 15.5. The monoisotopic (exact) mass is 619 g/mol. The van der Waals surface area contributed by atoms with Gasteiger partial charge in [-0.3, -0.25) is 10.1 Å². The van der Waals surface area contributed by atoms with E-state index in [4.69, 9.17) is 34.8 Å². The van der Waals surface area contributed by atoms with Crippen LogP contribution in [0.3, 0.4) is 0 Å². The lowest BCUT2D eigenvalue weighted by molar-refractivity contribution is 0.102. The summed E-state index contributed by atoms with van der Waals surface area (Å²) in [5, 5.41) is 4.18. The van der Waals surface area contributed by atoms with Crippen molar-refractivity contribution in [2.75, 3.05) is 25.0 Å². The third-order valence-electron chi connectivity index (χ3n) is 6.87. The number of fused-ring (bicyclic) bond motifs is 1. The molecule has 0 bridgehead atoms. The zero-order valence-electron chi connectivity index (χ0n) is 21.5. The van der Waals surface area contributed by atoms with Gasteiger partial charge in [0.25, 0.3) is 5.91 Å². The van der Waals surface area contributed by atoms with Gasteiger partial charge in [-0.15, -0.1) is 0 Å². The molecule has 1 amide bonds. The summed E-state index contributed by atoms with van der Waals surface area (Å²) >= 11 is 18.0. The number of carbonyl (C=O) groups excluding carboxylic acids is 1. The van der Waals surface area contributed by atoms with Crippen molar-refractivity contribution in [1.29, 1.82) is 0 Å². The molecule has 3 aromatic carbocycles. The zero-order chi connectivity index (χ0) is 28.3. The highest BCUT2D eigenvalue weighted by atomic mass is 35.5. The van der Waals surface area contributed by atoms with E-state index in [-0.39, 0.29) is 17.3 Å². The van der Waals surface area contributed by atoms with Gasteiger partial charge in [0, 0.05) is 23.7 Å². The van der Waals surface area contributed by atoms with Crippen LogP contribution in [0.25, 0.3) is 11.0 Å². The van der Waals surface area contributed by atoms with Crippen molar-refractivity contribution < 1.29 is 13.2 Å². The lowest BCUT2D eigenvalue weighted by Crippen LogP contribution is -2.23. The Balaban J connectivity index is 1.39. The molecular formula is C28H28Cl3N5O3S. The predicted molar refractivity (Wildman–Crippen MR) is 160 cm³/mol. The fourth-order valence-electron chi connectivity index (χ4n) is 4.74. The first kappa shape index (κ1) is 28.9. The van der Waals surface area contributed by atoms with Crippen LogP contribution in [0.1, 0.15) is 35.2 Å². The number of imidazole rings is 1. The van der Waals surface area contributed by atoms with Gasteiger partial charge in [-0.2, -0.15) is 0 Å². The molecule has 0 saturated carbocycles. The molecule has 0 aliphatic carbocycles. The highest BCUT2D eigenvalue weighted by Gasteiger charge is 2.20. The molecule has 12 heteroatoms. The van der Waals surface area contributed by atoms with Gasteiger partial charge in [-0.05, 0) is 99.1 Å². The van der Waals surface area contributed by atoms with Gasteiger partial charge in [0.1, 0.15) is 0 Å². The number of likely N-dealkylation sites (tertiary alicyclic amines) is 1. The highest BCUT2D eigenvalue weighted by Crippen LogP contribution is 2.26. The average Bonchev–Trinajstić information content (AvgIpc) is 3.57. The van der Waals surface area contributed by atoms with Gasteiger partial charge < -0.3 is 9.47 Å². The Bertz CT molecular complexity index is 1640. The fourth-order valence-corrected chi connectivity index (χ4v) is 6.23. The molecule has 0 atom stereocenters. The Morgan fingerprint density at radius 2 is 1.65 bits per heavy atom. The van der Waals surface area contributed by atoms with Gasteiger partial charge >= 0.3 is 0 Å². The molecule has 0 unspecified atom stereocenters. The average molecular weight is 621 g/mol. The summed E-state index contributed by atoms with van der Waals surface area (Å²) in [7, 11) is -3.86. The molecule has 0 spiro atoms. The van der Waals surface area contributed by atoms with Crippen molar-refractivity contribution in [2.45, 2.75) is 37.2 Å². The van der Waals surface area contributed by atoms with Crippen molar-refractivity contribution in [3.63, 3.8) is 0 Å². The van der Waals surface area contributed by atoms with E-state index in [9.17, 15) is 13.2 Å². The third kappa shape index (κ3) is 6.79. The van der Waals surface area contributed by atoms with Gasteiger partial charge in [0.05, 0.1) is 26.0 Å². The lowest BCUT2D eigenvalue weighted by atomic mass is 10.2. The molecular weight excluding hydrogens is 593 g/mol. The van der Waals surface area contributed by atoms with E-state index < -0.39 is 10.0 Å². The summed E-state index contributed by atoms with van der Waals surface area (Å²) in [6, 6.07) is 16.3. The lowest BCUT2D eigenvalue weighted by Gasteiger charge is -2.16. The van der Waals surface area contributed by atoms with Crippen molar-refractivity contribution in [3.05, 3.63) is 86.9 Å². The topological polar surface area (TPSA) is 96.3 Å². The quantitative estimate of drug-likeness (QED) is 0.220. The largest absolute Gasteiger partial charge is 0.310 e. The van der Waals surface area contributed by atoms with E-state index in [1.165, 1.54) is 18.9 Å².